The zero-order valence-corrected chi connectivity index (χ0v) is 23.2. The standard InChI is InChI=1S/C35H35N3O2/c1-25-12-18-31-30(24-25)29(35(36-31)28-15-13-27(14-16-28)26-8-4-3-5-9-26)17-19-34(39)38-22-20-37(21-23-38)32-10-6-7-11-33(32)40-2/h3-16,18,24,36H,17,19-23H2,1-2H3. The average molecular weight is 530 g/mol. The number of carbonyl (C=O) groups excluding carboxylic acids is 1. The molecule has 1 saturated heterocycles. The van der Waals surface area contributed by atoms with Gasteiger partial charge in [0.15, 0.2) is 0 Å². The van der Waals surface area contributed by atoms with Crippen LogP contribution in [0, 0.1) is 6.92 Å². The van der Waals surface area contributed by atoms with E-state index in [4.69, 9.17) is 4.74 Å². The number of hydrogen-bond acceptors (Lipinski definition) is 3. The minimum atomic E-state index is 0.215. The number of H-pyrrole nitrogens is 1. The van der Waals surface area contributed by atoms with Crippen molar-refractivity contribution in [3.05, 3.63) is 108 Å². The number of benzene rings is 4. The number of piperazine rings is 1. The second kappa shape index (κ2) is 11.3. The van der Waals surface area contributed by atoms with Crippen LogP contribution in [0.1, 0.15) is 17.5 Å². The largest absolute Gasteiger partial charge is 0.495 e. The van der Waals surface area contributed by atoms with E-state index in [0.717, 1.165) is 54.4 Å². The van der Waals surface area contributed by atoms with Crippen molar-refractivity contribution in [2.24, 2.45) is 0 Å². The summed E-state index contributed by atoms with van der Waals surface area (Å²) in [6.07, 6.45) is 1.19. The highest BCUT2D eigenvalue weighted by molar-refractivity contribution is 5.92. The Balaban J connectivity index is 1.19. The molecule has 0 saturated carbocycles. The van der Waals surface area contributed by atoms with E-state index in [1.54, 1.807) is 7.11 Å². The predicted molar refractivity (Wildman–Crippen MR) is 164 cm³/mol. The van der Waals surface area contributed by atoms with Crippen molar-refractivity contribution in [2.75, 3.05) is 38.2 Å². The second-order valence-corrected chi connectivity index (χ2v) is 10.5. The van der Waals surface area contributed by atoms with E-state index in [0.29, 0.717) is 12.8 Å². The van der Waals surface area contributed by atoms with Gasteiger partial charge in [-0.15, -0.1) is 0 Å². The first kappa shape index (κ1) is 25.8. The van der Waals surface area contributed by atoms with Gasteiger partial charge in [-0.05, 0) is 59.9 Å². The third kappa shape index (κ3) is 5.20. The first-order valence-electron chi connectivity index (χ1n) is 14.0. The van der Waals surface area contributed by atoms with Gasteiger partial charge in [-0.2, -0.15) is 0 Å². The van der Waals surface area contributed by atoms with Gasteiger partial charge >= 0.3 is 0 Å². The van der Waals surface area contributed by atoms with Crippen LogP contribution in [0.25, 0.3) is 33.3 Å². The Bertz CT molecular complexity index is 1610. The number of amides is 1. The van der Waals surface area contributed by atoms with Gasteiger partial charge in [0.05, 0.1) is 12.8 Å². The van der Waals surface area contributed by atoms with Crippen LogP contribution in [0.4, 0.5) is 5.69 Å². The topological polar surface area (TPSA) is 48.6 Å². The number of fused-ring (bicyclic) bond motifs is 1. The van der Waals surface area contributed by atoms with Crippen molar-refractivity contribution in [2.45, 2.75) is 19.8 Å². The van der Waals surface area contributed by atoms with Crippen LogP contribution in [0.2, 0.25) is 0 Å². The number of aromatic nitrogens is 1. The van der Waals surface area contributed by atoms with Crippen molar-refractivity contribution in [1.82, 2.24) is 9.88 Å². The monoisotopic (exact) mass is 529 g/mol. The fourth-order valence-electron chi connectivity index (χ4n) is 5.81. The minimum Gasteiger partial charge on any atom is -0.495 e. The lowest BCUT2D eigenvalue weighted by Crippen LogP contribution is -2.48. The first-order chi connectivity index (χ1) is 19.6. The summed E-state index contributed by atoms with van der Waals surface area (Å²) in [6, 6.07) is 33.8. The Hall–Kier alpha value is -4.51. The first-order valence-corrected chi connectivity index (χ1v) is 14.0. The number of nitrogens with one attached hydrogen (secondary N) is 1. The molecule has 1 aliphatic rings. The number of ether oxygens (including phenoxy) is 1. The van der Waals surface area contributed by atoms with E-state index in [2.05, 4.69) is 89.6 Å². The molecular formula is C35H35N3O2. The maximum absolute atomic E-state index is 13.4. The number of carbonyl (C=O) groups is 1. The van der Waals surface area contributed by atoms with E-state index in [1.165, 1.54) is 27.6 Å². The van der Waals surface area contributed by atoms with Crippen LogP contribution in [0.3, 0.4) is 0 Å². The van der Waals surface area contributed by atoms with Gasteiger partial charge in [0.1, 0.15) is 5.75 Å². The van der Waals surface area contributed by atoms with E-state index >= 15 is 0 Å². The number of nitrogens with zero attached hydrogens (tertiary/aromatic N) is 2. The quantitative estimate of drug-likeness (QED) is 0.245. The summed E-state index contributed by atoms with van der Waals surface area (Å²) >= 11 is 0. The van der Waals surface area contributed by atoms with E-state index < -0.39 is 0 Å². The highest BCUT2D eigenvalue weighted by Gasteiger charge is 2.23. The van der Waals surface area contributed by atoms with Gasteiger partial charge in [-0.1, -0.05) is 78.4 Å². The molecule has 1 N–H and O–H groups in total. The lowest BCUT2D eigenvalue weighted by molar-refractivity contribution is -0.131. The molecule has 202 valence electrons. The molecule has 5 aromatic rings. The molecule has 0 atom stereocenters. The minimum absolute atomic E-state index is 0.215. The number of methoxy groups -OCH3 is 1. The average Bonchev–Trinajstić information content (AvgIpc) is 3.38. The van der Waals surface area contributed by atoms with Crippen LogP contribution < -0.4 is 9.64 Å². The molecule has 1 aromatic heterocycles. The third-order valence-corrected chi connectivity index (χ3v) is 7.99. The fraction of sp³-hybridized carbons (Fsp3) is 0.229. The van der Waals surface area contributed by atoms with Gasteiger partial charge in [0.2, 0.25) is 5.91 Å². The highest BCUT2D eigenvalue weighted by atomic mass is 16.5. The molecule has 0 spiro atoms. The lowest BCUT2D eigenvalue weighted by atomic mass is 9.98. The third-order valence-electron chi connectivity index (χ3n) is 7.99. The maximum atomic E-state index is 13.4. The summed E-state index contributed by atoms with van der Waals surface area (Å²) in [4.78, 5) is 21.4. The molecule has 1 amide bonds. The zero-order valence-electron chi connectivity index (χ0n) is 23.2. The van der Waals surface area contributed by atoms with Crippen molar-refractivity contribution in [3.8, 4) is 28.1 Å². The summed E-state index contributed by atoms with van der Waals surface area (Å²) in [7, 11) is 1.71. The summed E-state index contributed by atoms with van der Waals surface area (Å²) in [5, 5.41) is 1.20. The zero-order chi connectivity index (χ0) is 27.5. The summed E-state index contributed by atoms with van der Waals surface area (Å²) in [6.45, 7) is 5.17. The molecule has 1 aliphatic heterocycles. The second-order valence-electron chi connectivity index (χ2n) is 10.5. The molecule has 0 aliphatic carbocycles. The highest BCUT2D eigenvalue weighted by Crippen LogP contribution is 2.34. The van der Waals surface area contributed by atoms with E-state index in [1.807, 2.05) is 29.2 Å². The Morgan fingerprint density at radius 2 is 1.48 bits per heavy atom. The number of aryl methyl sites for hydroxylation is 2. The van der Waals surface area contributed by atoms with Crippen molar-refractivity contribution in [3.63, 3.8) is 0 Å². The smallest absolute Gasteiger partial charge is 0.223 e. The molecule has 4 aromatic carbocycles. The Kier molecular flexibility index (Phi) is 7.28. The molecule has 0 bridgehead atoms. The van der Waals surface area contributed by atoms with E-state index in [9.17, 15) is 4.79 Å². The number of para-hydroxylation sites is 2. The predicted octanol–water partition coefficient (Wildman–Crippen LogP) is 7.10. The van der Waals surface area contributed by atoms with Crippen LogP contribution >= 0.6 is 0 Å². The molecular weight excluding hydrogens is 494 g/mol. The van der Waals surface area contributed by atoms with Gasteiger partial charge in [0.25, 0.3) is 0 Å². The maximum Gasteiger partial charge on any atom is 0.223 e. The molecule has 5 heteroatoms. The molecule has 2 heterocycles. The van der Waals surface area contributed by atoms with Crippen molar-refractivity contribution < 1.29 is 9.53 Å². The van der Waals surface area contributed by atoms with Gasteiger partial charge in [-0.3, -0.25) is 4.79 Å². The SMILES string of the molecule is COc1ccccc1N1CCN(C(=O)CCc2c(-c3ccc(-c4ccccc4)cc3)[nH]c3ccc(C)cc23)CC1. The molecule has 0 unspecified atom stereocenters. The summed E-state index contributed by atoms with van der Waals surface area (Å²) in [5.74, 6) is 1.09. The molecule has 0 radical (unpaired) electrons. The van der Waals surface area contributed by atoms with Crippen LogP contribution in [0.15, 0.2) is 97.1 Å². The Morgan fingerprint density at radius 1 is 0.800 bits per heavy atom. The molecule has 6 rings (SSSR count). The number of rotatable bonds is 7. The summed E-state index contributed by atoms with van der Waals surface area (Å²) in [5.41, 5.74) is 9.29. The Morgan fingerprint density at radius 3 is 2.23 bits per heavy atom. The number of anilines is 1. The molecule has 1 fully saturated rings. The van der Waals surface area contributed by atoms with Crippen LogP contribution in [0.5, 0.6) is 5.75 Å². The van der Waals surface area contributed by atoms with E-state index in [-0.39, 0.29) is 5.91 Å². The van der Waals surface area contributed by atoms with Crippen molar-refractivity contribution in [1.29, 1.82) is 0 Å². The lowest BCUT2D eigenvalue weighted by Gasteiger charge is -2.36. The van der Waals surface area contributed by atoms with Crippen LogP contribution in [-0.4, -0.2) is 49.1 Å². The summed E-state index contributed by atoms with van der Waals surface area (Å²) < 4.78 is 5.55. The molecule has 5 nitrogen and oxygen atoms in total. The molecule has 40 heavy (non-hydrogen) atoms. The van der Waals surface area contributed by atoms with Crippen LogP contribution in [-0.2, 0) is 11.2 Å². The van der Waals surface area contributed by atoms with Gasteiger partial charge in [0, 0.05) is 49.2 Å². The Labute approximate surface area is 236 Å². The number of aromatic amines is 1. The normalized spacial score (nSPS) is 13.6. The van der Waals surface area contributed by atoms with Gasteiger partial charge < -0.3 is 19.5 Å². The van der Waals surface area contributed by atoms with Crippen molar-refractivity contribution >= 4 is 22.5 Å². The fourth-order valence-corrected chi connectivity index (χ4v) is 5.81. The number of hydrogen-bond donors (Lipinski definition) is 1. The van der Waals surface area contributed by atoms with Gasteiger partial charge in [-0.25, -0.2) is 0 Å².